The highest BCUT2D eigenvalue weighted by atomic mass is 32.1. The van der Waals surface area contributed by atoms with Crippen LogP contribution in [0.4, 0.5) is 11.4 Å². The van der Waals surface area contributed by atoms with Crippen molar-refractivity contribution in [2.24, 2.45) is 17.0 Å². The number of para-hydroxylation sites is 2. The summed E-state index contributed by atoms with van der Waals surface area (Å²) in [5.74, 6) is 5.13. The fourth-order valence-electron chi connectivity index (χ4n) is 14.8. The summed E-state index contributed by atoms with van der Waals surface area (Å²) >= 11 is 5.65. The molecule has 15 heterocycles. The number of thiocarbonyl (C=S) groups is 1. The van der Waals surface area contributed by atoms with Crippen LogP contribution in [0, 0.1) is 34.6 Å². The first kappa shape index (κ1) is 86.7. The molecule has 0 radical (unpaired) electrons. The number of hydrazine groups is 1. The molecule has 6 aromatic carbocycles. The van der Waals surface area contributed by atoms with E-state index in [-0.39, 0.29) is 24.2 Å². The van der Waals surface area contributed by atoms with E-state index >= 15 is 0 Å². The summed E-state index contributed by atoms with van der Waals surface area (Å²) in [6, 6.07) is 80.8. The van der Waals surface area contributed by atoms with Gasteiger partial charge in [0.2, 0.25) is 12.7 Å². The molecule has 12 aromatic heterocycles. The number of aryl methyl sites for hydroxylation is 6. The molecule has 18 aromatic rings. The molecule has 0 saturated heterocycles. The molecule has 0 spiro atoms. The monoisotopic (exact) mass is 1750 g/mol. The average Bonchev–Trinajstić information content (AvgIpc) is 1.65. The number of ether oxygens (including phenoxy) is 3. The van der Waals surface area contributed by atoms with Gasteiger partial charge in [0.25, 0.3) is 0 Å². The second-order valence-electron chi connectivity index (χ2n) is 32.0. The lowest BCUT2D eigenvalue weighted by molar-refractivity contribution is 0.101. The van der Waals surface area contributed by atoms with E-state index < -0.39 is 0 Å². The van der Waals surface area contributed by atoms with Crippen LogP contribution in [0.3, 0.4) is 0 Å². The van der Waals surface area contributed by atoms with Crippen molar-refractivity contribution in [3.8, 4) is 85.1 Å². The Labute approximate surface area is 762 Å². The van der Waals surface area contributed by atoms with Crippen LogP contribution in [-0.4, -0.2) is 115 Å². The SMILES string of the molecule is CC(=O)c1ccc(C2N=C(c3cccc(C)n3)N(c3ccc4c(c3)OCO4)N2)cc1.Cc1cccc(-c2[nH]c(C(C)(C)C)nc2-c2ccc3nccnc3c2)n1.Cc1cccc(-c2nn(C(=S)Nc3ccccc3)cc2-c2ccnc3ccccc23)n1.Cc1cccc(C2=NCC=C2c2ccnc(OCc3cn(C)cn3)c2)n1.Cc1nc(-c2ccccc2)c(-c2ccncc2)o1. The summed E-state index contributed by atoms with van der Waals surface area (Å²) in [4.78, 5) is 78.5. The van der Waals surface area contributed by atoms with Gasteiger partial charge in [0.05, 0.1) is 75.0 Å². The van der Waals surface area contributed by atoms with Gasteiger partial charge in [-0.3, -0.25) is 49.7 Å². The number of aliphatic imine (C=N–C) groups is 2. The maximum Gasteiger partial charge on any atom is 0.231 e. The number of carbonyl (C=O) groups excluding carboxylic acids is 1. The van der Waals surface area contributed by atoms with E-state index in [0.29, 0.717) is 47.2 Å². The first-order chi connectivity index (χ1) is 63.7. The number of nitrogens with one attached hydrogen (secondary N) is 3. The number of fused-ring (bicyclic) bond motifs is 3. The highest BCUT2D eigenvalue weighted by Crippen LogP contribution is 2.41. The number of pyridine rings is 7. The number of Topliss-reactive ketones (excluding diaryl/α,β-unsaturated/α-hetero) is 1. The first-order valence-corrected chi connectivity index (χ1v) is 42.9. The number of ketones is 1. The third kappa shape index (κ3) is 20.7. The second-order valence-corrected chi connectivity index (χ2v) is 32.4. The molecular weight excluding hydrogens is 1660 g/mol. The quantitative estimate of drug-likeness (QED) is 0.0598. The molecule has 1 unspecified atom stereocenters. The molecule has 0 aliphatic carbocycles. The Balaban J connectivity index is 0.000000116. The van der Waals surface area contributed by atoms with Crippen molar-refractivity contribution < 1.29 is 23.4 Å². The van der Waals surface area contributed by atoms with Crippen LogP contribution in [0.2, 0.25) is 0 Å². The highest BCUT2D eigenvalue weighted by molar-refractivity contribution is 7.80. The number of nitrogens with zero attached hydrogens (tertiary/aromatic N) is 18. The molecule has 27 heteroatoms. The van der Waals surface area contributed by atoms with E-state index in [4.69, 9.17) is 50.9 Å². The van der Waals surface area contributed by atoms with Gasteiger partial charge in [-0.1, -0.05) is 148 Å². The minimum absolute atomic E-state index is 0.0380. The van der Waals surface area contributed by atoms with Crippen LogP contribution < -0.4 is 30.0 Å². The fourth-order valence-corrected chi connectivity index (χ4v) is 15.0. The van der Waals surface area contributed by atoms with Crippen molar-refractivity contribution in [1.82, 2.24) is 84.6 Å². The Morgan fingerprint density at radius 3 is 1.93 bits per heavy atom. The summed E-state index contributed by atoms with van der Waals surface area (Å²) in [7, 11) is 1.93. The van der Waals surface area contributed by atoms with Crippen molar-refractivity contribution in [3.63, 3.8) is 0 Å². The topological polar surface area (TPSA) is 303 Å². The Morgan fingerprint density at radius 2 is 1.21 bits per heavy atom. The van der Waals surface area contributed by atoms with Gasteiger partial charge in [0.1, 0.15) is 35.7 Å². The third-order valence-electron chi connectivity index (χ3n) is 21.2. The van der Waals surface area contributed by atoms with Gasteiger partial charge in [0, 0.05) is 148 Å². The molecule has 0 amide bonds. The lowest BCUT2D eigenvalue weighted by Crippen LogP contribution is -2.39. The number of rotatable bonds is 16. The Morgan fingerprint density at radius 1 is 0.550 bits per heavy atom. The number of imidazole rings is 2. The lowest BCUT2D eigenvalue weighted by Gasteiger charge is -2.22. The van der Waals surface area contributed by atoms with Gasteiger partial charge in [-0.15, -0.1) is 0 Å². The van der Waals surface area contributed by atoms with E-state index in [1.54, 1.807) is 48.9 Å². The second kappa shape index (κ2) is 39.2. The van der Waals surface area contributed by atoms with Crippen LogP contribution in [0.5, 0.6) is 17.4 Å². The number of benzene rings is 6. The molecule has 0 fully saturated rings. The molecule has 3 N–H and O–H groups in total. The minimum atomic E-state index is -0.311. The van der Waals surface area contributed by atoms with Crippen molar-refractivity contribution in [3.05, 3.63) is 379 Å². The number of aromatic nitrogens is 16. The predicted molar refractivity (Wildman–Crippen MR) is 516 cm³/mol. The summed E-state index contributed by atoms with van der Waals surface area (Å²) in [6.07, 6.45) is 17.9. The number of aromatic amines is 1. The number of oxazole rings is 1. The van der Waals surface area contributed by atoms with Crippen molar-refractivity contribution >= 4 is 73.5 Å². The molecule has 1 atom stereocenters. The van der Waals surface area contributed by atoms with E-state index in [1.807, 2.05) is 312 Å². The fraction of sp³-hybridized carbons (Fsp3) is 0.144. The summed E-state index contributed by atoms with van der Waals surface area (Å²) in [6.45, 7) is 19.0. The molecule has 26 nitrogen and oxygen atoms in total. The summed E-state index contributed by atoms with van der Waals surface area (Å²) < 4.78 is 26.1. The van der Waals surface area contributed by atoms with Crippen LogP contribution >= 0.6 is 12.2 Å². The van der Waals surface area contributed by atoms with Gasteiger partial charge in [-0.2, -0.15) is 10.5 Å². The standard InChI is InChI=1S/C25H19N5S.C23H20N4O3.C21H21N5.C20H19N5O.C15H12N2O/c1-17-8-7-13-23(27-17)24-21(19-14-15-26-22-12-6-5-11-20(19)22)16-30(29-24)25(31)28-18-9-3-2-4-10-18;1-14-4-3-5-19(24-14)23-25-22(17-8-6-16(7-9-17)15(2)28)26-27(23)18-10-11-20-21(12-18)30-13-29-20;1-13-6-5-7-16(24-13)19-18(25-20(26-19)21(2,3)4)14-8-9-15-17(12-14)23-11-10-22-15;1-14-4-3-5-18(24-14)20-17(7-9-22-20)15-6-8-21-19(10-15)26-12-16-11-25(2)13-23-16;1-11-17-14(12-5-3-2-4-6-12)15(18-11)13-7-9-16-10-8-13/h2-16H,1H3,(H,28,31);3-12,22,26H,13H2,1-2H3;5-12H,1-4H3,(H,25,26);3-8,10-11,13H,9,12H2,1-2H3;2-10H,1H3. The minimum Gasteiger partial charge on any atom is -0.471 e. The van der Waals surface area contributed by atoms with Crippen molar-refractivity contribution in [2.75, 3.05) is 23.7 Å². The Bertz CT molecular complexity index is 7210. The van der Waals surface area contributed by atoms with Crippen LogP contribution in [0.1, 0.15) is 107 Å². The van der Waals surface area contributed by atoms with Gasteiger partial charge in [-0.25, -0.2) is 34.6 Å². The lowest BCUT2D eigenvalue weighted by atomic mass is 9.96. The van der Waals surface area contributed by atoms with Crippen LogP contribution in [-0.2, 0) is 19.1 Å². The van der Waals surface area contributed by atoms with E-state index in [9.17, 15) is 4.79 Å². The molecule has 21 rings (SSSR count). The maximum atomic E-state index is 11.6. The average molecular weight is 1750 g/mol. The smallest absolute Gasteiger partial charge is 0.231 e. The first-order valence-electron chi connectivity index (χ1n) is 42.5. The number of allylic oxidation sites excluding steroid dienone is 1. The molecule has 0 bridgehead atoms. The van der Waals surface area contributed by atoms with Crippen LogP contribution in [0.25, 0.3) is 95.3 Å². The molecular formula is C104H91N21O5S. The van der Waals surface area contributed by atoms with Gasteiger partial charge < -0.3 is 33.5 Å². The largest absolute Gasteiger partial charge is 0.471 e. The number of hydrogen-bond donors (Lipinski definition) is 3. The molecule has 131 heavy (non-hydrogen) atoms. The van der Waals surface area contributed by atoms with E-state index in [0.717, 1.165) is 175 Å². The number of hydrogen-bond acceptors (Lipinski definition) is 23. The number of carbonyl (C=O) groups is 1. The summed E-state index contributed by atoms with van der Waals surface area (Å²) in [5, 5.41) is 11.5. The number of H-pyrrole nitrogens is 1. The zero-order valence-electron chi connectivity index (χ0n) is 73.6. The van der Waals surface area contributed by atoms with Crippen molar-refractivity contribution in [1.29, 1.82) is 0 Å². The third-order valence-corrected chi connectivity index (χ3v) is 21.5. The molecule has 648 valence electrons. The predicted octanol–water partition coefficient (Wildman–Crippen LogP) is 20.9. The normalized spacial score (nSPS) is 13.0. The Hall–Kier alpha value is -16.4. The van der Waals surface area contributed by atoms with E-state index in [1.165, 1.54) is 0 Å². The van der Waals surface area contributed by atoms with Crippen molar-refractivity contribution in [2.45, 2.75) is 80.5 Å². The number of amidine groups is 1. The zero-order valence-corrected chi connectivity index (χ0v) is 74.5. The number of anilines is 2. The zero-order chi connectivity index (χ0) is 90.5. The molecule has 3 aliphatic heterocycles. The molecule has 3 aliphatic rings. The van der Waals surface area contributed by atoms with Gasteiger partial charge in [0.15, 0.2) is 39.9 Å². The maximum absolute atomic E-state index is 11.6. The Kier molecular flexibility index (Phi) is 26.0. The van der Waals surface area contributed by atoms with Gasteiger partial charge >= 0.3 is 0 Å². The highest BCUT2D eigenvalue weighted by Gasteiger charge is 2.32. The van der Waals surface area contributed by atoms with E-state index in [2.05, 4.69) is 103 Å². The van der Waals surface area contributed by atoms with Crippen LogP contribution in [0.15, 0.2) is 325 Å². The molecule has 0 saturated carbocycles. The summed E-state index contributed by atoms with van der Waals surface area (Å²) in [5.41, 5.74) is 28.9. The van der Waals surface area contributed by atoms with Gasteiger partial charge in [-0.05, 0) is 179 Å².